The molecule has 0 radical (unpaired) electrons. The van der Waals surface area contributed by atoms with Crippen LogP contribution in [0, 0.1) is 10.1 Å². The quantitative estimate of drug-likeness (QED) is 0.453. The van der Waals surface area contributed by atoms with E-state index in [0.29, 0.717) is 6.54 Å². The lowest BCUT2D eigenvalue weighted by Gasteiger charge is -2.05. The zero-order valence-corrected chi connectivity index (χ0v) is 8.18. The maximum atomic E-state index is 10.7. The Bertz CT molecular complexity index is 377. The predicted molar refractivity (Wildman–Crippen MR) is 56.7 cm³/mol. The fourth-order valence-electron chi connectivity index (χ4n) is 1.10. The van der Waals surface area contributed by atoms with Crippen LogP contribution in [0.15, 0.2) is 30.9 Å². The average molecular weight is 208 g/mol. The van der Waals surface area contributed by atoms with Crippen LogP contribution in [0.2, 0.25) is 0 Å². The van der Waals surface area contributed by atoms with Crippen molar-refractivity contribution in [2.24, 2.45) is 5.73 Å². The van der Waals surface area contributed by atoms with E-state index in [1.807, 2.05) is 0 Å². The van der Waals surface area contributed by atoms with Crippen molar-refractivity contribution in [3.63, 3.8) is 0 Å². The number of nitrogens with zero attached hydrogens (tertiary/aromatic N) is 1. The van der Waals surface area contributed by atoms with Gasteiger partial charge in [0.25, 0.3) is 0 Å². The summed E-state index contributed by atoms with van der Waals surface area (Å²) in [5.41, 5.74) is 6.16. The maximum Gasteiger partial charge on any atom is 0.310 e. The second kappa shape index (κ2) is 5.11. The smallest absolute Gasteiger partial charge is 0.310 e. The van der Waals surface area contributed by atoms with Gasteiger partial charge in [-0.1, -0.05) is 18.7 Å². The van der Waals surface area contributed by atoms with Crippen LogP contribution in [0.3, 0.4) is 0 Å². The maximum absolute atomic E-state index is 10.7. The molecular formula is C10H12N2O3. The molecule has 0 heterocycles. The zero-order valence-electron chi connectivity index (χ0n) is 8.18. The summed E-state index contributed by atoms with van der Waals surface area (Å²) in [5, 5.41) is 10.7. The molecule has 0 atom stereocenters. The van der Waals surface area contributed by atoms with E-state index in [1.165, 1.54) is 12.1 Å². The van der Waals surface area contributed by atoms with Crippen molar-refractivity contribution in [3.8, 4) is 5.75 Å². The van der Waals surface area contributed by atoms with E-state index in [1.54, 1.807) is 12.1 Å². The molecule has 80 valence electrons. The summed E-state index contributed by atoms with van der Waals surface area (Å²) in [6, 6.07) is 4.57. The van der Waals surface area contributed by atoms with Crippen LogP contribution in [0.1, 0.15) is 5.56 Å². The summed E-state index contributed by atoms with van der Waals surface area (Å²) < 4.78 is 5.17. The highest BCUT2D eigenvalue weighted by Gasteiger charge is 2.14. The zero-order chi connectivity index (χ0) is 11.3. The Morgan fingerprint density at radius 3 is 2.87 bits per heavy atom. The molecule has 0 aliphatic heterocycles. The molecule has 0 bridgehead atoms. The lowest BCUT2D eigenvalue weighted by molar-refractivity contribution is -0.385. The van der Waals surface area contributed by atoms with Crippen LogP contribution in [-0.2, 0) is 6.54 Å². The van der Waals surface area contributed by atoms with Crippen molar-refractivity contribution in [2.75, 3.05) is 6.61 Å². The van der Waals surface area contributed by atoms with Crippen LogP contribution in [0.5, 0.6) is 5.75 Å². The Morgan fingerprint density at radius 1 is 1.60 bits per heavy atom. The van der Waals surface area contributed by atoms with Crippen molar-refractivity contribution in [2.45, 2.75) is 6.54 Å². The lowest BCUT2D eigenvalue weighted by atomic mass is 10.2. The Balaban J connectivity index is 3.04. The third-order valence-electron chi connectivity index (χ3n) is 1.81. The normalized spacial score (nSPS) is 9.67. The molecule has 0 spiro atoms. The first kappa shape index (κ1) is 11.2. The number of nitro benzene ring substituents is 1. The molecule has 2 N–H and O–H groups in total. The minimum atomic E-state index is -0.487. The van der Waals surface area contributed by atoms with E-state index >= 15 is 0 Å². The third kappa shape index (κ3) is 2.78. The Hall–Kier alpha value is -1.88. The van der Waals surface area contributed by atoms with Crippen LogP contribution in [-0.4, -0.2) is 11.5 Å². The summed E-state index contributed by atoms with van der Waals surface area (Å²) in [7, 11) is 0. The molecular weight excluding hydrogens is 196 g/mol. The van der Waals surface area contributed by atoms with Crippen molar-refractivity contribution in [3.05, 3.63) is 46.5 Å². The topological polar surface area (TPSA) is 78.4 Å². The van der Waals surface area contributed by atoms with Gasteiger partial charge in [-0.15, -0.1) is 0 Å². The van der Waals surface area contributed by atoms with E-state index in [0.717, 1.165) is 5.56 Å². The summed E-state index contributed by atoms with van der Waals surface area (Å²) in [5.74, 6) is 0.225. The molecule has 0 unspecified atom stereocenters. The van der Waals surface area contributed by atoms with Gasteiger partial charge < -0.3 is 10.5 Å². The lowest BCUT2D eigenvalue weighted by Crippen LogP contribution is -2.01. The Labute approximate surface area is 87.3 Å². The first-order valence-electron chi connectivity index (χ1n) is 4.40. The molecule has 0 aromatic heterocycles. The molecule has 0 aliphatic carbocycles. The molecule has 0 amide bonds. The minimum absolute atomic E-state index is 0.0611. The largest absolute Gasteiger partial charge is 0.483 e. The second-order valence-corrected chi connectivity index (χ2v) is 2.86. The van der Waals surface area contributed by atoms with Gasteiger partial charge in [0.2, 0.25) is 0 Å². The Morgan fingerprint density at radius 2 is 2.33 bits per heavy atom. The average Bonchev–Trinajstić information content (AvgIpc) is 2.25. The number of rotatable bonds is 5. The van der Waals surface area contributed by atoms with Gasteiger partial charge >= 0.3 is 5.69 Å². The number of nitrogens with two attached hydrogens (primary N) is 1. The molecule has 0 fully saturated rings. The van der Waals surface area contributed by atoms with Gasteiger partial charge in [0.15, 0.2) is 5.75 Å². The van der Waals surface area contributed by atoms with Crippen LogP contribution >= 0.6 is 0 Å². The molecule has 0 saturated carbocycles. The molecule has 5 heteroatoms. The molecule has 1 rings (SSSR count). The van der Waals surface area contributed by atoms with Gasteiger partial charge in [0.05, 0.1) is 4.92 Å². The molecule has 1 aromatic rings. The fourth-order valence-corrected chi connectivity index (χ4v) is 1.10. The number of ether oxygens (including phenoxy) is 1. The second-order valence-electron chi connectivity index (χ2n) is 2.86. The Kier molecular flexibility index (Phi) is 3.82. The van der Waals surface area contributed by atoms with Gasteiger partial charge in [-0.3, -0.25) is 10.1 Å². The first-order chi connectivity index (χ1) is 7.19. The highest BCUT2D eigenvalue weighted by molar-refractivity contribution is 5.48. The number of hydrogen-bond donors (Lipinski definition) is 1. The van der Waals surface area contributed by atoms with Crippen LogP contribution < -0.4 is 10.5 Å². The molecule has 0 saturated heterocycles. The van der Waals surface area contributed by atoms with Crippen molar-refractivity contribution in [1.29, 1.82) is 0 Å². The van der Waals surface area contributed by atoms with Crippen LogP contribution in [0.25, 0.3) is 0 Å². The summed E-state index contributed by atoms with van der Waals surface area (Å²) in [6.45, 7) is 4.03. The van der Waals surface area contributed by atoms with Crippen molar-refractivity contribution in [1.82, 2.24) is 0 Å². The minimum Gasteiger partial charge on any atom is -0.483 e. The fraction of sp³-hybridized carbons (Fsp3) is 0.200. The highest BCUT2D eigenvalue weighted by Crippen LogP contribution is 2.27. The number of hydrogen-bond acceptors (Lipinski definition) is 4. The molecule has 1 aromatic carbocycles. The monoisotopic (exact) mass is 208 g/mol. The standard InChI is InChI=1S/C10H12N2O3/c1-2-5-15-10-6-8(7-11)3-4-9(10)12(13)14/h2-4,6H,1,5,7,11H2. The van der Waals surface area contributed by atoms with Gasteiger partial charge in [0, 0.05) is 12.6 Å². The van der Waals surface area contributed by atoms with E-state index in [4.69, 9.17) is 10.5 Å². The van der Waals surface area contributed by atoms with Crippen LogP contribution in [0.4, 0.5) is 5.69 Å². The highest BCUT2D eigenvalue weighted by atomic mass is 16.6. The van der Waals surface area contributed by atoms with E-state index < -0.39 is 4.92 Å². The number of nitro groups is 1. The summed E-state index contributed by atoms with van der Waals surface area (Å²) in [6.07, 6.45) is 1.53. The van der Waals surface area contributed by atoms with Gasteiger partial charge in [0.1, 0.15) is 6.61 Å². The predicted octanol–water partition coefficient (Wildman–Crippen LogP) is 1.62. The third-order valence-corrected chi connectivity index (χ3v) is 1.81. The SMILES string of the molecule is C=CCOc1cc(CN)ccc1[N+](=O)[O-]. The summed E-state index contributed by atoms with van der Waals surface area (Å²) in [4.78, 5) is 10.2. The van der Waals surface area contributed by atoms with E-state index in [-0.39, 0.29) is 18.0 Å². The van der Waals surface area contributed by atoms with Gasteiger partial charge in [-0.25, -0.2) is 0 Å². The molecule has 15 heavy (non-hydrogen) atoms. The first-order valence-corrected chi connectivity index (χ1v) is 4.40. The molecule has 0 aliphatic rings. The number of benzene rings is 1. The van der Waals surface area contributed by atoms with Crippen molar-refractivity contribution < 1.29 is 9.66 Å². The van der Waals surface area contributed by atoms with Crippen molar-refractivity contribution >= 4 is 5.69 Å². The van der Waals surface area contributed by atoms with Gasteiger partial charge in [-0.05, 0) is 11.6 Å². The van der Waals surface area contributed by atoms with E-state index in [9.17, 15) is 10.1 Å². The van der Waals surface area contributed by atoms with Gasteiger partial charge in [-0.2, -0.15) is 0 Å². The summed E-state index contributed by atoms with van der Waals surface area (Å²) >= 11 is 0. The molecule has 5 nitrogen and oxygen atoms in total. The van der Waals surface area contributed by atoms with E-state index in [2.05, 4.69) is 6.58 Å².